The molecule has 4 heteroatoms. The molecule has 0 atom stereocenters. The number of aromatic nitrogens is 2. The second-order valence-electron chi connectivity index (χ2n) is 5.29. The van der Waals surface area contributed by atoms with E-state index in [0.717, 1.165) is 40.8 Å². The predicted octanol–water partition coefficient (Wildman–Crippen LogP) is 4.91. The minimum Gasteiger partial charge on any atom is -0.328 e. The number of imidazole rings is 1. The summed E-state index contributed by atoms with van der Waals surface area (Å²) >= 11 is 11.9. The van der Waals surface area contributed by atoms with Gasteiger partial charge in [0.05, 0.1) is 11.0 Å². The minimum absolute atomic E-state index is 0.598. The summed E-state index contributed by atoms with van der Waals surface area (Å²) in [7, 11) is 0. The Kier molecular flexibility index (Phi) is 5.12. The summed E-state index contributed by atoms with van der Waals surface area (Å²) in [6.07, 6.45) is 3.20. The predicted molar refractivity (Wildman–Crippen MR) is 83.2 cm³/mol. The van der Waals surface area contributed by atoms with Crippen molar-refractivity contribution in [2.45, 2.75) is 39.7 Å². The minimum atomic E-state index is 0.598. The maximum Gasteiger partial charge on any atom is 0.111 e. The summed E-state index contributed by atoms with van der Waals surface area (Å²) in [6.45, 7) is 5.51. The second kappa shape index (κ2) is 6.62. The van der Waals surface area contributed by atoms with Crippen molar-refractivity contribution in [2.75, 3.05) is 5.88 Å². The smallest absolute Gasteiger partial charge is 0.111 e. The molecule has 0 N–H and O–H groups in total. The van der Waals surface area contributed by atoms with E-state index in [2.05, 4.69) is 29.5 Å². The van der Waals surface area contributed by atoms with Crippen LogP contribution < -0.4 is 0 Å². The number of hydrogen-bond acceptors (Lipinski definition) is 1. The van der Waals surface area contributed by atoms with Gasteiger partial charge >= 0.3 is 0 Å². The molecule has 0 fully saturated rings. The van der Waals surface area contributed by atoms with Crippen LogP contribution in [-0.4, -0.2) is 15.4 Å². The molecule has 1 heterocycles. The van der Waals surface area contributed by atoms with Crippen molar-refractivity contribution in [3.63, 3.8) is 0 Å². The molecule has 19 heavy (non-hydrogen) atoms. The summed E-state index contributed by atoms with van der Waals surface area (Å²) < 4.78 is 2.29. The van der Waals surface area contributed by atoms with Crippen molar-refractivity contribution in [3.8, 4) is 0 Å². The van der Waals surface area contributed by atoms with Crippen molar-refractivity contribution in [2.24, 2.45) is 5.92 Å². The maximum atomic E-state index is 6.03. The van der Waals surface area contributed by atoms with Gasteiger partial charge in [-0.15, -0.1) is 11.6 Å². The largest absolute Gasteiger partial charge is 0.328 e. The molecule has 0 aliphatic heterocycles. The molecule has 104 valence electrons. The van der Waals surface area contributed by atoms with Crippen molar-refractivity contribution in [1.82, 2.24) is 9.55 Å². The second-order valence-corrected chi connectivity index (χ2v) is 6.10. The summed E-state index contributed by atoms with van der Waals surface area (Å²) in [6, 6.07) is 5.90. The van der Waals surface area contributed by atoms with Gasteiger partial charge in [0.2, 0.25) is 0 Å². The first-order valence-electron chi connectivity index (χ1n) is 6.82. The molecule has 0 unspecified atom stereocenters. The van der Waals surface area contributed by atoms with Crippen LogP contribution >= 0.6 is 23.2 Å². The molecule has 0 spiro atoms. The number of fused-ring (bicyclic) bond motifs is 1. The van der Waals surface area contributed by atoms with Crippen LogP contribution in [0.25, 0.3) is 11.0 Å². The highest BCUT2D eigenvalue weighted by molar-refractivity contribution is 6.31. The first-order valence-corrected chi connectivity index (χ1v) is 7.73. The van der Waals surface area contributed by atoms with Crippen molar-refractivity contribution >= 4 is 34.2 Å². The highest BCUT2D eigenvalue weighted by atomic mass is 35.5. The van der Waals surface area contributed by atoms with Crippen LogP contribution in [0.15, 0.2) is 18.2 Å². The van der Waals surface area contributed by atoms with E-state index in [9.17, 15) is 0 Å². The van der Waals surface area contributed by atoms with E-state index >= 15 is 0 Å². The van der Waals surface area contributed by atoms with Crippen LogP contribution in [-0.2, 0) is 13.0 Å². The van der Waals surface area contributed by atoms with E-state index in [1.54, 1.807) is 0 Å². The van der Waals surface area contributed by atoms with Crippen molar-refractivity contribution < 1.29 is 0 Å². The molecule has 0 aliphatic carbocycles. The standard InChI is InChI=1S/C15H20Cl2N2/c1-11(2)4-3-9-19-14-6-5-12(17)10-13(14)18-15(19)7-8-16/h5-6,10-11H,3-4,7-9H2,1-2H3. The Morgan fingerprint density at radius 3 is 2.79 bits per heavy atom. The Morgan fingerprint density at radius 2 is 2.11 bits per heavy atom. The van der Waals surface area contributed by atoms with Gasteiger partial charge in [-0.05, 0) is 37.0 Å². The molecule has 0 aliphatic rings. The lowest BCUT2D eigenvalue weighted by Crippen LogP contribution is -2.05. The van der Waals surface area contributed by atoms with Crippen LogP contribution in [0.2, 0.25) is 5.02 Å². The molecule has 2 rings (SSSR count). The highest BCUT2D eigenvalue weighted by Crippen LogP contribution is 2.22. The average molecular weight is 299 g/mol. The SMILES string of the molecule is CC(C)CCCn1c(CCCl)nc2cc(Cl)ccc21. The lowest BCUT2D eigenvalue weighted by atomic mass is 10.1. The zero-order valence-electron chi connectivity index (χ0n) is 11.5. The molecule has 2 nitrogen and oxygen atoms in total. The summed E-state index contributed by atoms with van der Waals surface area (Å²) in [4.78, 5) is 4.66. The number of rotatable bonds is 6. The third-order valence-electron chi connectivity index (χ3n) is 3.27. The molecular weight excluding hydrogens is 279 g/mol. The summed E-state index contributed by atoms with van der Waals surface area (Å²) in [5.74, 6) is 2.40. The van der Waals surface area contributed by atoms with Gasteiger partial charge in [-0.1, -0.05) is 25.4 Å². The molecule has 0 amide bonds. The molecule has 2 aromatic rings. The Morgan fingerprint density at radius 1 is 1.32 bits per heavy atom. The van der Waals surface area contributed by atoms with Crippen LogP contribution in [0.5, 0.6) is 0 Å². The fraction of sp³-hybridized carbons (Fsp3) is 0.533. The topological polar surface area (TPSA) is 17.8 Å². The third kappa shape index (κ3) is 3.64. The van der Waals surface area contributed by atoms with Gasteiger partial charge in [-0.2, -0.15) is 0 Å². The van der Waals surface area contributed by atoms with Gasteiger partial charge in [0.25, 0.3) is 0 Å². The molecule has 0 saturated heterocycles. The van der Waals surface area contributed by atoms with Crippen molar-refractivity contribution in [3.05, 3.63) is 29.0 Å². The average Bonchev–Trinajstić information content (AvgIpc) is 2.66. The number of aryl methyl sites for hydroxylation is 2. The van der Waals surface area contributed by atoms with Gasteiger partial charge in [0.1, 0.15) is 5.82 Å². The summed E-state index contributed by atoms with van der Waals surface area (Å²) in [5.41, 5.74) is 2.13. The quantitative estimate of drug-likeness (QED) is 0.693. The molecular formula is C15H20Cl2N2. The molecule has 0 saturated carbocycles. The van der Waals surface area contributed by atoms with Crippen LogP contribution in [0.4, 0.5) is 0 Å². The Bertz CT molecular complexity index is 546. The third-order valence-corrected chi connectivity index (χ3v) is 3.69. The van der Waals surface area contributed by atoms with E-state index in [-0.39, 0.29) is 0 Å². The number of nitrogens with zero attached hydrogens (tertiary/aromatic N) is 2. The van der Waals surface area contributed by atoms with Crippen LogP contribution in [0.3, 0.4) is 0 Å². The highest BCUT2D eigenvalue weighted by Gasteiger charge is 2.10. The number of benzene rings is 1. The van der Waals surface area contributed by atoms with Gasteiger partial charge in [0.15, 0.2) is 0 Å². The van der Waals surface area contributed by atoms with Crippen LogP contribution in [0.1, 0.15) is 32.5 Å². The van der Waals surface area contributed by atoms with E-state index in [4.69, 9.17) is 23.2 Å². The van der Waals surface area contributed by atoms with Crippen molar-refractivity contribution in [1.29, 1.82) is 0 Å². The Balaban J connectivity index is 2.29. The van der Waals surface area contributed by atoms with Gasteiger partial charge in [0, 0.05) is 23.9 Å². The van der Waals surface area contributed by atoms with E-state index < -0.39 is 0 Å². The van der Waals surface area contributed by atoms with E-state index in [0.29, 0.717) is 5.88 Å². The van der Waals surface area contributed by atoms with Gasteiger partial charge < -0.3 is 4.57 Å². The first-order chi connectivity index (χ1) is 9.11. The summed E-state index contributed by atoms with van der Waals surface area (Å²) in [5, 5.41) is 0.733. The number of hydrogen-bond donors (Lipinski definition) is 0. The molecule has 1 aromatic carbocycles. The van der Waals surface area contributed by atoms with Gasteiger partial charge in [-0.3, -0.25) is 0 Å². The fourth-order valence-electron chi connectivity index (χ4n) is 2.34. The zero-order valence-corrected chi connectivity index (χ0v) is 13.0. The Hall–Kier alpha value is -0.730. The normalized spacial score (nSPS) is 11.6. The molecule has 0 bridgehead atoms. The van der Waals surface area contributed by atoms with Crippen LogP contribution in [0, 0.1) is 5.92 Å². The maximum absolute atomic E-state index is 6.03. The van der Waals surface area contributed by atoms with E-state index in [1.807, 2.05) is 12.1 Å². The lowest BCUT2D eigenvalue weighted by molar-refractivity contribution is 0.510. The lowest BCUT2D eigenvalue weighted by Gasteiger charge is -2.09. The van der Waals surface area contributed by atoms with E-state index in [1.165, 1.54) is 12.8 Å². The fourth-order valence-corrected chi connectivity index (χ4v) is 2.67. The monoisotopic (exact) mass is 298 g/mol. The number of alkyl halides is 1. The molecule has 0 radical (unpaired) electrons. The zero-order chi connectivity index (χ0) is 13.8. The Labute approximate surface area is 124 Å². The first kappa shape index (κ1) is 14.7. The molecule has 1 aromatic heterocycles. The number of halogens is 2. The van der Waals surface area contributed by atoms with Gasteiger partial charge in [-0.25, -0.2) is 4.98 Å².